The smallest absolute Gasteiger partial charge is 0.0178 e. The van der Waals surface area contributed by atoms with E-state index >= 15 is 0 Å². The van der Waals surface area contributed by atoms with Gasteiger partial charge in [-0.15, -0.1) is 0 Å². The lowest BCUT2D eigenvalue weighted by atomic mass is 10.0. The Labute approximate surface area is 87.0 Å². The van der Waals surface area contributed by atoms with Gasteiger partial charge in [0.1, 0.15) is 0 Å². The van der Waals surface area contributed by atoms with E-state index in [-0.39, 0.29) is 6.62 Å². The maximum atomic E-state index is 3.81. The van der Waals surface area contributed by atoms with E-state index in [1.807, 2.05) is 0 Å². The fourth-order valence-electron chi connectivity index (χ4n) is 1.09. The van der Waals surface area contributed by atoms with Crippen molar-refractivity contribution in [2.75, 3.05) is 12.3 Å². The molecular formula is C10H22BrP. The summed E-state index contributed by atoms with van der Waals surface area (Å²) < 4.78 is 0. The molecule has 2 heteroatoms. The molecule has 0 bridgehead atoms. The topological polar surface area (TPSA) is 0 Å². The molecule has 0 N–H and O–H groups in total. The molecule has 0 saturated heterocycles. The van der Waals surface area contributed by atoms with Gasteiger partial charge >= 0.3 is 0 Å². The normalized spacial score (nSPS) is 14.0. The van der Waals surface area contributed by atoms with Crippen molar-refractivity contribution in [1.82, 2.24) is 0 Å². The minimum absolute atomic E-state index is 0.0558. The summed E-state index contributed by atoms with van der Waals surface area (Å²) in [5.41, 5.74) is 0.945. The lowest BCUT2D eigenvalue weighted by Gasteiger charge is -2.27. The van der Waals surface area contributed by atoms with Crippen LogP contribution in [0.3, 0.4) is 0 Å². The highest BCUT2D eigenvalue weighted by Gasteiger charge is 2.21. The highest BCUT2D eigenvalue weighted by atomic mass is 79.9. The van der Waals surface area contributed by atoms with Gasteiger partial charge in [-0.2, -0.15) is 0 Å². The summed E-state index contributed by atoms with van der Waals surface area (Å²) in [6.45, 7) is 13.9. The van der Waals surface area contributed by atoms with E-state index in [1.165, 1.54) is 12.3 Å². The number of hydrogen-bond donors (Lipinski definition) is 0. The summed E-state index contributed by atoms with van der Waals surface area (Å²) in [6.07, 6.45) is 2.64. The first-order chi connectivity index (χ1) is 5.10. The molecule has 74 valence electrons. The van der Waals surface area contributed by atoms with E-state index in [0.717, 1.165) is 0 Å². The summed E-state index contributed by atoms with van der Waals surface area (Å²) in [7, 11) is 0. The molecule has 0 aromatic carbocycles. The Bertz CT molecular complexity index is 114. The molecule has 0 rings (SSSR count). The van der Waals surface area contributed by atoms with E-state index < -0.39 is 0 Å². The molecule has 0 radical (unpaired) electrons. The minimum atomic E-state index is 0.0558. The van der Waals surface area contributed by atoms with Crippen molar-refractivity contribution < 1.29 is 0 Å². The van der Waals surface area contributed by atoms with Gasteiger partial charge in [-0.3, -0.25) is 0 Å². The van der Waals surface area contributed by atoms with Crippen molar-refractivity contribution in [3.8, 4) is 0 Å². The Kier molecular flexibility index (Phi) is 4.75. The Morgan fingerprint density at radius 3 is 1.25 bits per heavy atom. The van der Waals surface area contributed by atoms with Crippen LogP contribution in [0, 0.1) is 10.8 Å². The van der Waals surface area contributed by atoms with Gasteiger partial charge in [0.2, 0.25) is 0 Å². The molecule has 0 nitrogen and oxygen atoms in total. The third-order valence-electron chi connectivity index (χ3n) is 1.29. The summed E-state index contributed by atoms with van der Waals surface area (Å²) in [5.74, 6) is 0. The number of halogens is 1. The first-order valence-electron chi connectivity index (χ1n) is 4.51. The van der Waals surface area contributed by atoms with Gasteiger partial charge in [-0.1, -0.05) is 57.0 Å². The van der Waals surface area contributed by atoms with Crippen molar-refractivity contribution in [2.24, 2.45) is 10.8 Å². The van der Waals surface area contributed by atoms with Crippen LogP contribution in [-0.2, 0) is 0 Å². The Morgan fingerprint density at radius 1 is 0.833 bits per heavy atom. The van der Waals surface area contributed by atoms with Crippen LogP contribution >= 0.6 is 22.1 Å². The van der Waals surface area contributed by atoms with Crippen LogP contribution in [0.4, 0.5) is 0 Å². The molecule has 0 aliphatic heterocycles. The Morgan fingerprint density at radius 2 is 1.08 bits per heavy atom. The summed E-state index contributed by atoms with van der Waals surface area (Å²) in [5, 5.41) is 0. The van der Waals surface area contributed by atoms with Gasteiger partial charge in [-0.25, -0.2) is 0 Å². The zero-order chi connectivity index (χ0) is 9.99. The third kappa shape index (κ3) is 9.00. The maximum absolute atomic E-state index is 3.81. The lowest BCUT2D eigenvalue weighted by molar-refractivity contribution is 0.461. The lowest BCUT2D eigenvalue weighted by Crippen LogP contribution is -2.14. The molecular weight excluding hydrogens is 231 g/mol. The van der Waals surface area contributed by atoms with Crippen LogP contribution in [0.15, 0.2) is 0 Å². The molecule has 0 amide bonds. The summed E-state index contributed by atoms with van der Waals surface area (Å²) in [4.78, 5) is 0. The van der Waals surface area contributed by atoms with Crippen LogP contribution < -0.4 is 0 Å². The zero-order valence-electron chi connectivity index (χ0n) is 9.24. The molecule has 12 heavy (non-hydrogen) atoms. The van der Waals surface area contributed by atoms with Gasteiger partial charge in [-0.05, 0) is 29.8 Å². The highest BCUT2D eigenvalue weighted by molar-refractivity contribution is 9.39. The van der Waals surface area contributed by atoms with Crippen molar-refractivity contribution in [1.29, 1.82) is 0 Å². The molecule has 0 fully saturated rings. The predicted octanol–water partition coefficient (Wildman–Crippen LogP) is 4.87. The predicted molar refractivity (Wildman–Crippen MR) is 64.5 cm³/mol. The molecule has 0 saturated carbocycles. The first-order valence-corrected chi connectivity index (χ1v) is 8.24. The minimum Gasteiger partial charge on any atom is -0.0605 e. The molecule has 0 aliphatic carbocycles. The fourth-order valence-corrected chi connectivity index (χ4v) is 7.77. The van der Waals surface area contributed by atoms with Gasteiger partial charge in [0, 0.05) is 0 Å². The molecule has 0 spiro atoms. The SMILES string of the molecule is CC(C)(C)CP(Br)CC(C)(C)C. The van der Waals surface area contributed by atoms with E-state index in [9.17, 15) is 0 Å². The highest BCUT2D eigenvalue weighted by Crippen LogP contribution is 2.52. The summed E-state index contributed by atoms with van der Waals surface area (Å²) >= 11 is 3.81. The number of hydrogen-bond acceptors (Lipinski definition) is 0. The van der Waals surface area contributed by atoms with Crippen LogP contribution in [0.2, 0.25) is 0 Å². The maximum Gasteiger partial charge on any atom is -0.0178 e. The molecule has 0 aromatic rings. The van der Waals surface area contributed by atoms with Crippen LogP contribution in [0.5, 0.6) is 0 Å². The van der Waals surface area contributed by atoms with Gasteiger partial charge < -0.3 is 0 Å². The van der Waals surface area contributed by atoms with Crippen molar-refractivity contribution in [2.45, 2.75) is 41.5 Å². The quantitative estimate of drug-likeness (QED) is 0.616. The summed E-state index contributed by atoms with van der Waals surface area (Å²) in [6, 6.07) is 0. The van der Waals surface area contributed by atoms with Crippen molar-refractivity contribution in [3.05, 3.63) is 0 Å². The molecule has 0 unspecified atom stereocenters. The van der Waals surface area contributed by atoms with E-state index in [2.05, 4.69) is 57.0 Å². The van der Waals surface area contributed by atoms with Crippen molar-refractivity contribution >= 4 is 22.1 Å². The largest absolute Gasteiger partial charge is 0.0605 e. The standard InChI is InChI=1S/C10H22BrP/c1-9(2,3)7-12(11)8-10(4,5)6/h7-8H2,1-6H3. The average molecular weight is 253 g/mol. The van der Waals surface area contributed by atoms with Crippen LogP contribution in [0.25, 0.3) is 0 Å². The molecule has 0 atom stereocenters. The number of rotatable bonds is 2. The van der Waals surface area contributed by atoms with Crippen LogP contribution in [-0.4, -0.2) is 12.3 Å². The Hall–Kier alpha value is 0.910. The van der Waals surface area contributed by atoms with E-state index in [1.54, 1.807) is 0 Å². The van der Waals surface area contributed by atoms with Crippen LogP contribution in [0.1, 0.15) is 41.5 Å². The van der Waals surface area contributed by atoms with E-state index in [0.29, 0.717) is 10.8 Å². The van der Waals surface area contributed by atoms with E-state index in [4.69, 9.17) is 0 Å². The third-order valence-corrected chi connectivity index (χ3v) is 5.38. The monoisotopic (exact) mass is 252 g/mol. The second kappa shape index (κ2) is 4.42. The van der Waals surface area contributed by atoms with Gasteiger partial charge in [0.25, 0.3) is 0 Å². The first kappa shape index (κ1) is 12.9. The second-order valence-corrected chi connectivity index (χ2v) is 10.5. The molecule has 0 aromatic heterocycles. The zero-order valence-corrected chi connectivity index (χ0v) is 11.7. The van der Waals surface area contributed by atoms with Gasteiger partial charge in [0.15, 0.2) is 0 Å². The second-order valence-electron chi connectivity index (χ2n) is 5.90. The molecule has 0 heterocycles. The Balaban J connectivity index is 3.83. The van der Waals surface area contributed by atoms with Crippen molar-refractivity contribution in [3.63, 3.8) is 0 Å². The van der Waals surface area contributed by atoms with Gasteiger partial charge in [0.05, 0.1) is 0 Å². The molecule has 0 aliphatic rings. The average Bonchev–Trinajstić information content (AvgIpc) is 1.49. The fraction of sp³-hybridized carbons (Fsp3) is 1.00.